The minimum absolute atomic E-state index is 0.240. The molecule has 1 aliphatic rings. The number of alkyl halides is 5. The third kappa shape index (κ3) is 6.21. The van der Waals surface area contributed by atoms with Crippen molar-refractivity contribution >= 4 is 27.7 Å². The summed E-state index contributed by atoms with van der Waals surface area (Å²) >= 11 is 5.59. The molecule has 0 radical (unpaired) electrons. The molecule has 1 N–H and O–H groups in total. The molecule has 2 aromatic carbocycles. The first-order chi connectivity index (χ1) is 15.6. The highest BCUT2D eigenvalue weighted by Crippen LogP contribution is 2.34. The molecular weight excluding hydrogens is 525 g/mol. The van der Waals surface area contributed by atoms with Gasteiger partial charge in [-0.2, -0.15) is 12.7 Å². The molecule has 1 fully saturated rings. The van der Waals surface area contributed by atoms with Crippen molar-refractivity contribution in [3.05, 3.63) is 58.1 Å². The Morgan fingerprint density at radius 2 is 1.76 bits per heavy atom. The van der Waals surface area contributed by atoms with Crippen molar-refractivity contribution in [2.24, 2.45) is 0 Å². The van der Waals surface area contributed by atoms with E-state index in [1.807, 2.05) is 0 Å². The van der Waals surface area contributed by atoms with Crippen LogP contribution in [0, 0.1) is 11.6 Å². The Morgan fingerprint density at radius 1 is 1.12 bits per heavy atom. The quantitative estimate of drug-likeness (QED) is 0.541. The zero-order valence-corrected chi connectivity index (χ0v) is 18.0. The van der Waals surface area contributed by atoms with E-state index < -0.39 is 81.6 Å². The maximum Gasteiger partial charge on any atom is 0.573 e. The highest BCUT2D eigenvalue weighted by Gasteiger charge is 2.50. The van der Waals surface area contributed by atoms with E-state index in [0.29, 0.717) is 12.1 Å². The molecule has 1 amide bonds. The molecule has 3 rings (SSSR count). The molecule has 34 heavy (non-hydrogen) atoms. The SMILES string of the molecule is O=C(NS(=O)(=O)N1CC(F)(F)C1)c1cc(F)c(COc2ccc(Cl)c(OC(F)(F)F)c2)cc1F. The molecule has 0 atom stereocenters. The number of halogens is 8. The van der Waals surface area contributed by atoms with Gasteiger partial charge in [0.25, 0.3) is 11.8 Å². The van der Waals surface area contributed by atoms with Gasteiger partial charge in [-0.15, -0.1) is 13.2 Å². The van der Waals surface area contributed by atoms with Crippen molar-refractivity contribution in [2.45, 2.75) is 18.9 Å². The smallest absolute Gasteiger partial charge is 0.489 e. The van der Waals surface area contributed by atoms with Crippen LogP contribution in [0.2, 0.25) is 5.02 Å². The van der Waals surface area contributed by atoms with Gasteiger partial charge in [0.1, 0.15) is 24.0 Å². The van der Waals surface area contributed by atoms with E-state index in [2.05, 4.69) is 4.74 Å². The predicted octanol–water partition coefficient (Wildman–Crippen LogP) is 4.02. The number of benzene rings is 2. The lowest BCUT2D eigenvalue weighted by Gasteiger charge is -2.37. The van der Waals surface area contributed by atoms with Crippen molar-refractivity contribution in [2.75, 3.05) is 13.1 Å². The lowest BCUT2D eigenvalue weighted by molar-refractivity contribution is -0.274. The molecule has 0 aliphatic carbocycles. The normalized spacial score (nSPS) is 16.0. The molecule has 0 bridgehead atoms. The number of carbonyl (C=O) groups is 1. The summed E-state index contributed by atoms with van der Waals surface area (Å²) in [7, 11) is -4.71. The van der Waals surface area contributed by atoms with E-state index in [0.717, 1.165) is 18.2 Å². The number of nitrogens with zero attached hydrogens (tertiary/aromatic N) is 1. The zero-order chi connectivity index (χ0) is 25.5. The van der Waals surface area contributed by atoms with E-state index in [4.69, 9.17) is 16.3 Å². The summed E-state index contributed by atoms with van der Waals surface area (Å²) < 4.78 is 126. The summed E-state index contributed by atoms with van der Waals surface area (Å²) in [6.07, 6.45) is -5.04. The van der Waals surface area contributed by atoms with Gasteiger partial charge < -0.3 is 9.47 Å². The largest absolute Gasteiger partial charge is 0.573 e. The van der Waals surface area contributed by atoms with Gasteiger partial charge in [0.05, 0.1) is 23.7 Å². The predicted molar refractivity (Wildman–Crippen MR) is 102 cm³/mol. The van der Waals surface area contributed by atoms with Crippen LogP contribution in [-0.2, 0) is 16.8 Å². The topological polar surface area (TPSA) is 84.9 Å². The van der Waals surface area contributed by atoms with Gasteiger partial charge in [-0.25, -0.2) is 22.3 Å². The van der Waals surface area contributed by atoms with E-state index in [-0.39, 0.29) is 10.1 Å². The first kappa shape index (κ1) is 25.8. The van der Waals surface area contributed by atoms with Crippen LogP contribution in [-0.4, -0.2) is 44.0 Å². The van der Waals surface area contributed by atoms with Crippen LogP contribution < -0.4 is 14.2 Å². The first-order valence-corrected chi connectivity index (χ1v) is 10.7. The van der Waals surface area contributed by atoms with E-state index in [1.165, 1.54) is 4.72 Å². The molecule has 0 spiro atoms. The van der Waals surface area contributed by atoms with Gasteiger partial charge in [0.2, 0.25) is 0 Å². The summed E-state index contributed by atoms with van der Waals surface area (Å²) in [4.78, 5) is 12.1. The minimum Gasteiger partial charge on any atom is -0.489 e. The molecule has 0 saturated carbocycles. The molecule has 1 saturated heterocycles. The van der Waals surface area contributed by atoms with Crippen LogP contribution in [0.15, 0.2) is 30.3 Å². The Labute approximate surface area is 192 Å². The average Bonchev–Trinajstić information content (AvgIpc) is 2.67. The molecular formula is C18H12ClF7N2O5S. The second-order valence-corrected chi connectivity index (χ2v) is 8.99. The number of nitrogens with one attached hydrogen (secondary N) is 1. The summed E-state index contributed by atoms with van der Waals surface area (Å²) in [6.45, 7) is -3.06. The fourth-order valence-electron chi connectivity index (χ4n) is 2.69. The Morgan fingerprint density at radius 3 is 2.35 bits per heavy atom. The number of carbonyl (C=O) groups excluding carboxylic acids is 1. The molecule has 0 aromatic heterocycles. The molecule has 0 unspecified atom stereocenters. The van der Waals surface area contributed by atoms with Crippen LogP contribution in [0.1, 0.15) is 15.9 Å². The van der Waals surface area contributed by atoms with Crippen molar-refractivity contribution in [1.82, 2.24) is 9.03 Å². The summed E-state index contributed by atoms with van der Waals surface area (Å²) in [5, 5.41) is -0.394. The maximum atomic E-state index is 14.3. The lowest BCUT2D eigenvalue weighted by Crippen LogP contribution is -2.61. The van der Waals surface area contributed by atoms with Gasteiger partial charge >= 0.3 is 16.6 Å². The number of hydrogen-bond donors (Lipinski definition) is 1. The molecule has 1 heterocycles. The summed E-state index contributed by atoms with van der Waals surface area (Å²) in [5.74, 6) is -8.51. The van der Waals surface area contributed by atoms with E-state index >= 15 is 0 Å². The monoisotopic (exact) mass is 536 g/mol. The van der Waals surface area contributed by atoms with Crippen molar-refractivity contribution in [3.8, 4) is 11.5 Å². The summed E-state index contributed by atoms with van der Waals surface area (Å²) in [5.41, 5.74) is -1.52. The van der Waals surface area contributed by atoms with Crippen LogP contribution in [0.4, 0.5) is 30.7 Å². The molecule has 2 aromatic rings. The summed E-state index contributed by atoms with van der Waals surface area (Å²) in [6, 6.07) is 3.75. The second-order valence-electron chi connectivity index (χ2n) is 6.91. The van der Waals surface area contributed by atoms with Gasteiger partial charge in [0.15, 0.2) is 5.75 Å². The number of rotatable bonds is 7. The van der Waals surface area contributed by atoms with Gasteiger partial charge in [-0.05, 0) is 24.3 Å². The number of amides is 1. The Bertz CT molecular complexity index is 1220. The lowest BCUT2D eigenvalue weighted by atomic mass is 10.1. The average molecular weight is 537 g/mol. The Balaban J connectivity index is 1.70. The van der Waals surface area contributed by atoms with Crippen molar-refractivity contribution < 1.29 is 53.4 Å². The number of ether oxygens (including phenoxy) is 2. The fraction of sp³-hybridized carbons (Fsp3) is 0.278. The van der Waals surface area contributed by atoms with Crippen molar-refractivity contribution in [3.63, 3.8) is 0 Å². The standard InChI is InChI=1S/C18H12ClF7N2O5S/c19-12-2-1-10(4-15(12)33-18(24,25)26)32-6-9-3-14(21)11(5-13(9)20)16(29)27-34(30,31)28-7-17(22,23)8-28/h1-5H,6-8H2,(H,27,29). The van der Waals surface area contributed by atoms with Crippen LogP contribution in [0.5, 0.6) is 11.5 Å². The van der Waals surface area contributed by atoms with Crippen LogP contribution in [0.3, 0.4) is 0 Å². The van der Waals surface area contributed by atoms with Gasteiger partial charge in [-0.3, -0.25) is 4.79 Å². The van der Waals surface area contributed by atoms with Gasteiger partial charge in [0, 0.05) is 11.6 Å². The van der Waals surface area contributed by atoms with E-state index in [9.17, 15) is 43.9 Å². The first-order valence-electron chi connectivity index (χ1n) is 8.92. The third-order valence-electron chi connectivity index (χ3n) is 4.28. The second kappa shape index (κ2) is 9.11. The third-order valence-corrected chi connectivity index (χ3v) is 5.97. The number of hydrogen-bond acceptors (Lipinski definition) is 5. The van der Waals surface area contributed by atoms with Gasteiger partial charge in [-0.1, -0.05) is 11.6 Å². The Kier molecular flexibility index (Phi) is 6.92. The molecule has 1 aliphatic heterocycles. The van der Waals surface area contributed by atoms with Crippen molar-refractivity contribution in [1.29, 1.82) is 0 Å². The minimum atomic E-state index is -5.04. The molecule has 7 nitrogen and oxygen atoms in total. The Hall–Kier alpha value is -2.78. The highest BCUT2D eigenvalue weighted by molar-refractivity contribution is 7.87. The van der Waals surface area contributed by atoms with Crippen LogP contribution >= 0.6 is 11.6 Å². The highest BCUT2D eigenvalue weighted by atomic mass is 35.5. The fourth-order valence-corrected chi connectivity index (χ4v) is 4.03. The maximum absolute atomic E-state index is 14.3. The van der Waals surface area contributed by atoms with Crippen LogP contribution in [0.25, 0.3) is 0 Å². The van der Waals surface area contributed by atoms with E-state index in [1.54, 1.807) is 0 Å². The zero-order valence-electron chi connectivity index (χ0n) is 16.4. The molecule has 186 valence electrons. The molecule has 16 heteroatoms.